The minimum Gasteiger partial charge on any atom is -0.456 e. The van der Waals surface area contributed by atoms with Crippen molar-refractivity contribution >= 4 is 22.6 Å². The molecule has 0 bridgehead atoms. The predicted molar refractivity (Wildman–Crippen MR) is 107 cm³/mol. The van der Waals surface area contributed by atoms with E-state index in [1.807, 2.05) is 24.3 Å². The maximum absolute atomic E-state index is 12.5. The lowest BCUT2D eigenvalue weighted by atomic mass is 9.86. The first kappa shape index (κ1) is 18.9. The lowest BCUT2D eigenvalue weighted by Gasteiger charge is -2.19. The molecule has 1 N–H and O–H groups in total. The maximum Gasteiger partial charge on any atom is 0.250 e. The van der Waals surface area contributed by atoms with Crippen LogP contribution in [0.4, 0.5) is 5.69 Å². The van der Waals surface area contributed by atoms with Gasteiger partial charge in [-0.3, -0.25) is 9.59 Å². The van der Waals surface area contributed by atoms with Gasteiger partial charge in [-0.15, -0.1) is 0 Å². The molecular formula is C22H23NO4. The highest BCUT2D eigenvalue weighted by atomic mass is 16.5. The van der Waals surface area contributed by atoms with Gasteiger partial charge in [-0.05, 0) is 23.1 Å². The predicted octanol–water partition coefficient (Wildman–Crippen LogP) is 4.34. The van der Waals surface area contributed by atoms with Gasteiger partial charge < -0.3 is 14.5 Å². The first-order valence-electron chi connectivity index (χ1n) is 8.75. The van der Waals surface area contributed by atoms with Crippen LogP contribution in [0.1, 0.15) is 26.3 Å². The Morgan fingerprint density at radius 3 is 2.41 bits per heavy atom. The number of hydrogen-bond acceptors (Lipinski definition) is 4. The summed E-state index contributed by atoms with van der Waals surface area (Å²) < 4.78 is 10.8. The van der Waals surface area contributed by atoms with E-state index in [0.29, 0.717) is 22.4 Å². The van der Waals surface area contributed by atoms with Crippen LogP contribution in [0.5, 0.6) is 0 Å². The first-order chi connectivity index (χ1) is 12.8. The average Bonchev–Trinajstić information content (AvgIpc) is 2.61. The van der Waals surface area contributed by atoms with Crippen LogP contribution in [0.3, 0.4) is 0 Å². The zero-order valence-electron chi connectivity index (χ0n) is 16.0. The number of fused-ring (bicyclic) bond motifs is 1. The molecule has 1 amide bonds. The van der Waals surface area contributed by atoms with Crippen molar-refractivity contribution < 1.29 is 13.9 Å². The molecule has 27 heavy (non-hydrogen) atoms. The summed E-state index contributed by atoms with van der Waals surface area (Å²) in [4.78, 5) is 24.2. The smallest absolute Gasteiger partial charge is 0.250 e. The maximum atomic E-state index is 12.5. The standard InChI is InChI=1S/C22H23NO4/c1-22(2,3)15-7-5-14(6-8-15)19-12-18(24)17-10-9-16(11-20(17)27-19)23-21(25)13-26-4/h5-12H,13H2,1-4H3,(H,23,25). The van der Waals surface area contributed by atoms with E-state index in [2.05, 4.69) is 26.1 Å². The van der Waals surface area contributed by atoms with E-state index in [1.165, 1.54) is 18.7 Å². The molecule has 0 atom stereocenters. The first-order valence-corrected chi connectivity index (χ1v) is 8.75. The summed E-state index contributed by atoms with van der Waals surface area (Å²) in [5.74, 6) is 0.224. The van der Waals surface area contributed by atoms with Gasteiger partial charge in [0.15, 0.2) is 5.43 Å². The third-order valence-electron chi connectivity index (χ3n) is 4.32. The Kier molecular flexibility index (Phi) is 5.15. The number of methoxy groups -OCH3 is 1. The molecule has 1 aromatic heterocycles. The van der Waals surface area contributed by atoms with E-state index in [-0.39, 0.29) is 23.4 Å². The zero-order chi connectivity index (χ0) is 19.6. The lowest BCUT2D eigenvalue weighted by molar-refractivity contribution is -0.119. The number of hydrogen-bond donors (Lipinski definition) is 1. The van der Waals surface area contributed by atoms with Gasteiger partial charge >= 0.3 is 0 Å². The highest BCUT2D eigenvalue weighted by Crippen LogP contribution is 2.27. The summed E-state index contributed by atoms with van der Waals surface area (Å²) in [5.41, 5.74) is 2.94. The van der Waals surface area contributed by atoms with Crippen LogP contribution < -0.4 is 10.7 Å². The number of carbonyl (C=O) groups excluding carboxylic acids is 1. The summed E-state index contributed by atoms with van der Waals surface area (Å²) in [6.45, 7) is 6.41. The second kappa shape index (κ2) is 7.37. The Hall–Kier alpha value is -2.92. The van der Waals surface area contributed by atoms with Gasteiger partial charge in [0.1, 0.15) is 18.0 Å². The van der Waals surface area contributed by atoms with E-state index in [0.717, 1.165) is 5.56 Å². The van der Waals surface area contributed by atoms with Crippen LogP contribution >= 0.6 is 0 Å². The van der Waals surface area contributed by atoms with E-state index >= 15 is 0 Å². The third kappa shape index (κ3) is 4.26. The minimum atomic E-state index is -0.270. The Morgan fingerprint density at radius 1 is 1.07 bits per heavy atom. The molecule has 3 aromatic rings. The van der Waals surface area contributed by atoms with Gasteiger partial charge in [0, 0.05) is 30.5 Å². The van der Waals surface area contributed by atoms with Crippen molar-refractivity contribution in [3.63, 3.8) is 0 Å². The molecule has 5 heteroatoms. The van der Waals surface area contributed by atoms with Gasteiger partial charge in [0.05, 0.1) is 5.39 Å². The second-order valence-electron chi connectivity index (χ2n) is 7.49. The number of benzene rings is 2. The van der Waals surface area contributed by atoms with E-state index in [9.17, 15) is 9.59 Å². The molecule has 0 saturated heterocycles. The largest absolute Gasteiger partial charge is 0.456 e. The highest BCUT2D eigenvalue weighted by molar-refractivity contribution is 5.94. The van der Waals surface area contributed by atoms with Crippen LogP contribution in [0.2, 0.25) is 0 Å². The number of ether oxygens (including phenoxy) is 1. The molecule has 140 valence electrons. The molecule has 0 spiro atoms. The van der Waals surface area contributed by atoms with E-state index in [4.69, 9.17) is 9.15 Å². The van der Waals surface area contributed by atoms with Crippen LogP contribution in [-0.4, -0.2) is 19.6 Å². The van der Waals surface area contributed by atoms with E-state index < -0.39 is 0 Å². The molecule has 0 unspecified atom stereocenters. The summed E-state index contributed by atoms with van der Waals surface area (Å²) in [6, 6.07) is 14.5. The Morgan fingerprint density at radius 2 is 1.78 bits per heavy atom. The number of nitrogens with one attached hydrogen (secondary N) is 1. The monoisotopic (exact) mass is 365 g/mol. The zero-order valence-corrected chi connectivity index (χ0v) is 16.0. The fourth-order valence-corrected chi connectivity index (χ4v) is 2.84. The fraction of sp³-hybridized carbons (Fsp3) is 0.273. The molecule has 0 saturated carbocycles. The Balaban J connectivity index is 1.99. The quantitative estimate of drug-likeness (QED) is 0.747. The van der Waals surface area contributed by atoms with Crippen LogP contribution in [-0.2, 0) is 14.9 Å². The van der Waals surface area contributed by atoms with Crippen LogP contribution in [0, 0.1) is 0 Å². The lowest BCUT2D eigenvalue weighted by Crippen LogP contribution is -2.17. The van der Waals surface area contributed by atoms with Crippen molar-refractivity contribution in [2.75, 3.05) is 19.0 Å². The normalized spacial score (nSPS) is 11.6. The number of rotatable bonds is 4. The minimum absolute atomic E-state index is 0.0395. The summed E-state index contributed by atoms with van der Waals surface area (Å²) in [6.07, 6.45) is 0. The van der Waals surface area contributed by atoms with Crippen LogP contribution in [0.15, 0.2) is 57.7 Å². The number of carbonyl (C=O) groups is 1. The van der Waals surface area contributed by atoms with Crippen molar-refractivity contribution in [3.8, 4) is 11.3 Å². The molecule has 0 aliphatic rings. The summed E-state index contributed by atoms with van der Waals surface area (Å²) in [7, 11) is 1.45. The number of anilines is 1. The molecule has 5 nitrogen and oxygen atoms in total. The Bertz CT molecular complexity index is 1030. The van der Waals surface area contributed by atoms with Gasteiger partial charge in [-0.2, -0.15) is 0 Å². The fourth-order valence-electron chi connectivity index (χ4n) is 2.84. The van der Waals surface area contributed by atoms with E-state index in [1.54, 1.807) is 18.2 Å². The molecule has 0 fully saturated rings. The summed E-state index contributed by atoms with van der Waals surface area (Å²) in [5, 5.41) is 3.18. The van der Waals surface area contributed by atoms with Gasteiger partial charge in [-0.25, -0.2) is 0 Å². The topological polar surface area (TPSA) is 68.5 Å². The van der Waals surface area contributed by atoms with Crippen molar-refractivity contribution in [2.45, 2.75) is 26.2 Å². The molecule has 2 aromatic carbocycles. The number of amides is 1. The van der Waals surface area contributed by atoms with Crippen molar-refractivity contribution in [1.29, 1.82) is 0 Å². The molecule has 1 heterocycles. The molecule has 0 aliphatic carbocycles. The van der Waals surface area contributed by atoms with Gasteiger partial charge in [-0.1, -0.05) is 45.0 Å². The van der Waals surface area contributed by atoms with Crippen LogP contribution in [0.25, 0.3) is 22.3 Å². The van der Waals surface area contributed by atoms with Gasteiger partial charge in [0.2, 0.25) is 5.91 Å². The molecule has 0 aliphatic heterocycles. The van der Waals surface area contributed by atoms with Gasteiger partial charge in [0.25, 0.3) is 0 Å². The average molecular weight is 365 g/mol. The molecule has 0 radical (unpaired) electrons. The van der Waals surface area contributed by atoms with Crippen molar-refractivity contribution in [1.82, 2.24) is 0 Å². The van der Waals surface area contributed by atoms with Crippen molar-refractivity contribution in [3.05, 3.63) is 64.3 Å². The second-order valence-corrected chi connectivity index (χ2v) is 7.49. The summed E-state index contributed by atoms with van der Waals surface area (Å²) >= 11 is 0. The highest BCUT2D eigenvalue weighted by Gasteiger charge is 2.14. The molecule has 3 rings (SSSR count). The molecular weight excluding hydrogens is 342 g/mol. The SMILES string of the molecule is COCC(=O)Nc1ccc2c(=O)cc(-c3ccc(C(C)(C)C)cc3)oc2c1. The third-order valence-corrected chi connectivity index (χ3v) is 4.32. The van der Waals surface area contributed by atoms with Crippen molar-refractivity contribution in [2.24, 2.45) is 0 Å². The Labute approximate surface area is 158 Å².